The molecule has 4 nitrogen and oxygen atoms in total. The molecule has 0 fully saturated rings. The quantitative estimate of drug-likeness (QED) is 0.700. The summed E-state index contributed by atoms with van der Waals surface area (Å²) in [5, 5.41) is 0. The van der Waals surface area contributed by atoms with Crippen molar-refractivity contribution in [3.05, 3.63) is 11.3 Å². The number of rotatable bonds is 6. The molecule has 4 heteroatoms. The lowest BCUT2D eigenvalue weighted by Crippen LogP contribution is -2.38. The second-order valence-corrected chi connectivity index (χ2v) is 5.63. The molecule has 0 unspecified atom stereocenters. The van der Waals surface area contributed by atoms with Crippen molar-refractivity contribution in [2.75, 3.05) is 6.61 Å². The van der Waals surface area contributed by atoms with Crippen LogP contribution in [0.15, 0.2) is 11.3 Å². The molecule has 0 bridgehead atoms. The zero-order valence-electron chi connectivity index (χ0n) is 13.2. The lowest BCUT2D eigenvalue weighted by molar-refractivity contribution is -0.152. The van der Waals surface area contributed by atoms with Gasteiger partial charge in [-0.3, -0.25) is 4.79 Å². The monoisotopic (exact) mass is 282 g/mol. The maximum Gasteiger partial charge on any atom is 0.337 e. The molecular weight excluding hydrogens is 256 g/mol. The van der Waals surface area contributed by atoms with E-state index in [-0.39, 0.29) is 29.7 Å². The second-order valence-electron chi connectivity index (χ2n) is 5.63. The van der Waals surface area contributed by atoms with E-state index >= 15 is 0 Å². The van der Waals surface area contributed by atoms with E-state index in [1.54, 1.807) is 13.8 Å². The number of hydrogen-bond donors (Lipinski definition) is 0. The van der Waals surface area contributed by atoms with Crippen LogP contribution < -0.4 is 0 Å². The van der Waals surface area contributed by atoms with Crippen LogP contribution in [0.2, 0.25) is 0 Å². The van der Waals surface area contributed by atoms with Crippen LogP contribution in [0, 0.1) is 17.8 Å². The third-order valence-electron chi connectivity index (χ3n) is 3.79. The Balaban J connectivity index is 3.14. The van der Waals surface area contributed by atoms with E-state index in [9.17, 15) is 9.59 Å². The van der Waals surface area contributed by atoms with Crippen LogP contribution in [0.4, 0.5) is 0 Å². The first-order valence-corrected chi connectivity index (χ1v) is 7.53. The summed E-state index contributed by atoms with van der Waals surface area (Å²) >= 11 is 0. The predicted octanol–water partition coefficient (Wildman–Crippen LogP) is 3.46. The molecule has 20 heavy (non-hydrogen) atoms. The van der Waals surface area contributed by atoms with Gasteiger partial charge in [0.25, 0.3) is 0 Å². The minimum absolute atomic E-state index is 0.0877. The van der Waals surface area contributed by atoms with Gasteiger partial charge in [-0.25, -0.2) is 4.79 Å². The van der Waals surface area contributed by atoms with Crippen molar-refractivity contribution in [3.8, 4) is 0 Å². The molecule has 0 N–H and O–H groups in total. The molecule has 1 heterocycles. The highest BCUT2D eigenvalue weighted by atomic mass is 16.5. The van der Waals surface area contributed by atoms with Gasteiger partial charge >= 0.3 is 11.9 Å². The molecule has 0 spiro atoms. The van der Waals surface area contributed by atoms with E-state index in [0.717, 1.165) is 19.3 Å². The number of esters is 2. The van der Waals surface area contributed by atoms with Crippen molar-refractivity contribution < 1.29 is 19.1 Å². The van der Waals surface area contributed by atoms with E-state index in [0.29, 0.717) is 17.9 Å². The van der Waals surface area contributed by atoms with Crippen LogP contribution in [0.3, 0.4) is 0 Å². The first-order chi connectivity index (χ1) is 9.43. The first-order valence-electron chi connectivity index (χ1n) is 7.53. The van der Waals surface area contributed by atoms with Crippen LogP contribution in [-0.2, 0) is 19.1 Å². The van der Waals surface area contributed by atoms with Crippen LogP contribution in [0.25, 0.3) is 0 Å². The van der Waals surface area contributed by atoms with Gasteiger partial charge in [0.15, 0.2) is 0 Å². The van der Waals surface area contributed by atoms with Crippen molar-refractivity contribution in [1.82, 2.24) is 0 Å². The molecular formula is C16H26O4. The molecule has 1 aliphatic heterocycles. The number of carbonyl (C=O) groups excluding carboxylic acids is 2. The van der Waals surface area contributed by atoms with E-state index < -0.39 is 0 Å². The summed E-state index contributed by atoms with van der Waals surface area (Å²) in [6.07, 6.45) is 2.84. The highest BCUT2D eigenvalue weighted by Crippen LogP contribution is 2.39. The number of ether oxygens (including phenoxy) is 2. The van der Waals surface area contributed by atoms with E-state index in [4.69, 9.17) is 9.47 Å². The molecule has 114 valence electrons. The van der Waals surface area contributed by atoms with Crippen molar-refractivity contribution >= 4 is 11.9 Å². The Morgan fingerprint density at radius 3 is 2.50 bits per heavy atom. The Morgan fingerprint density at radius 2 is 2.00 bits per heavy atom. The van der Waals surface area contributed by atoms with Gasteiger partial charge in [-0.05, 0) is 26.2 Å². The highest BCUT2D eigenvalue weighted by molar-refractivity contribution is 5.93. The maximum atomic E-state index is 12.2. The largest absolute Gasteiger partial charge is 0.463 e. The lowest BCUT2D eigenvalue weighted by atomic mass is 9.74. The molecule has 0 saturated heterocycles. The molecule has 1 aliphatic rings. The topological polar surface area (TPSA) is 52.6 Å². The van der Waals surface area contributed by atoms with Crippen molar-refractivity contribution in [2.45, 2.75) is 53.9 Å². The second kappa shape index (κ2) is 7.46. The van der Waals surface area contributed by atoms with Crippen LogP contribution in [-0.4, -0.2) is 18.5 Å². The molecule has 0 amide bonds. The van der Waals surface area contributed by atoms with Crippen LogP contribution in [0.1, 0.15) is 53.9 Å². The standard InChI is InChI=1S/C16H26O4/c1-6-8-9-12-13(10(3)4)16(18)20-11(5)14(12)15(17)19-7-2/h10,12-13H,6-9H2,1-5H3/t12-,13-/m1/s1. The highest BCUT2D eigenvalue weighted by Gasteiger charge is 2.42. The summed E-state index contributed by atoms with van der Waals surface area (Å²) < 4.78 is 10.4. The van der Waals surface area contributed by atoms with Gasteiger partial charge in [-0.1, -0.05) is 33.6 Å². The fraction of sp³-hybridized carbons (Fsp3) is 0.750. The summed E-state index contributed by atoms with van der Waals surface area (Å²) in [4.78, 5) is 24.3. The maximum absolute atomic E-state index is 12.2. The minimum Gasteiger partial charge on any atom is -0.463 e. The summed E-state index contributed by atoms with van der Waals surface area (Å²) in [6, 6.07) is 0. The van der Waals surface area contributed by atoms with E-state index in [1.807, 2.05) is 13.8 Å². The Labute approximate surface area is 121 Å². The van der Waals surface area contributed by atoms with E-state index in [2.05, 4.69) is 6.92 Å². The summed E-state index contributed by atoms with van der Waals surface area (Å²) in [7, 11) is 0. The molecule has 0 saturated carbocycles. The fourth-order valence-electron chi connectivity index (χ4n) is 2.87. The third kappa shape index (κ3) is 3.62. The lowest BCUT2D eigenvalue weighted by Gasteiger charge is -2.34. The van der Waals surface area contributed by atoms with Gasteiger partial charge in [0, 0.05) is 5.92 Å². The molecule has 0 aromatic heterocycles. The van der Waals surface area contributed by atoms with Crippen LogP contribution >= 0.6 is 0 Å². The summed E-state index contributed by atoms with van der Waals surface area (Å²) in [5.74, 6) is -0.357. The predicted molar refractivity (Wildman–Crippen MR) is 76.8 cm³/mol. The van der Waals surface area contributed by atoms with Crippen molar-refractivity contribution in [1.29, 1.82) is 0 Å². The van der Waals surface area contributed by atoms with Crippen LogP contribution in [0.5, 0.6) is 0 Å². The normalized spacial score (nSPS) is 23.0. The van der Waals surface area contributed by atoms with Crippen molar-refractivity contribution in [3.63, 3.8) is 0 Å². The number of allylic oxidation sites excluding steroid dienone is 1. The zero-order chi connectivity index (χ0) is 15.3. The number of unbranched alkanes of at least 4 members (excludes halogenated alkanes) is 1. The third-order valence-corrected chi connectivity index (χ3v) is 3.79. The van der Waals surface area contributed by atoms with Gasteiger partial charge in [0.05, 0.1) is 18.1 Å². The van der Waals surface area contributed by atoms with Crippen molar-refractivity contribution in [2.24, 2.45) is 17.8 Å². The van der Waals surface area contributed by atoms with Gasteiger partial charge in [-0.15, -0.1) is 0 Å². The Hall–Kier alpha value is -1.32. The molecule has 0 aliphatic carbocycles. The SMILES string of the molecule is CCCC[C@H]1C(C(=O)OCC)=C(C)OC(=O)[C@@H]1C(C)C. The number of carbonyl (C=O) groups is 2. The molecule has 0 aromatic carbocycles. The Kier molecular flexibility index (Phi) is 6.24. The Morgan fingerprint density at radius 1 is 1.35 bits per heavy atom. The number of cyclic esters (lactones) is 1. The molecule has 1 rings (SSSR count). The van der Waals surface area contributed by atoms with Gasteiger partial charge < -0.3 is 9.47 Å². The smallest absolute Gasteiger partial charge is 0.337 e. The average molecular weight is 282 g/mol. The minimum atomic E-state index is -0.343. The van der Waals surface area contributed by atoms with Gasteiger partial charge in [-0.2, -0.15) is 0 Å². The Bertz CT molecular complexity index is 395. The number of hydrogen-bond acceptors (Lipinski definition) is 4. The fourth-order valence-corrected chi connectivity index (χ4v) is 2.87. The molecule has 0 radical (unpaired) electrons. The summed E-state index contributed by atoms with van der Waals surface area (Å²) in [5.41, 5.74) is 0.554. The molecule has 0 aromatic rings. The summed E-state index contributed by atoms with van der Waals surface area (Å²) in [6.45, 7) is 9.88. The van der Waals surface area contributed by atoms with Gasteiger partial charge in [0.2, 0.25) is 0 Å². The molecule has 2 atom stereocenters. The van der Waals surface area contributed by atoms with Gasteiger partial charge in [0.1, 0.15) is 5.76 Å². The first kappa shape index (κ1) is 16.7. The zero-order valence-corrected chi connectivity index (χ0v) is 13.2. The average Bonchev–Trinajstić information content (AvgIpc) is 2.35. The van der Waals surface area contributed by atoms with E-state index in [1.165, 1.54) is 0 Å².